The molecule has 1 aromatic carbocycles. The van der Waals surface area contributed by atoms with Crippen LogP contribution in [0.4, 0.5) is 10.1 Å². The van der Waals surface area contributed by atoms with Crippen molar-refractivity contribution in [3.63, 3.8) is 0 Å². The summed E-state index contributed by atoms with van der Waals surface area (Å²) < 4.78 is 14.1. The Morgan fingerprint density at radius 3 is 2.96 bits per heavy atom. The molecule has 1 aliphatic rings. The zero-order valence-electron chi connectivity index (χ0n) is 12.8. The van der Waals surface area contributed by atoms with Gasteiger partial charge < -0.3 is 5.32 Å². The fourth-order valence-corrected chi connectivity index (χ4v) is 2.51. The van der Waals surface area contributed by atoms with Gasteiger partial charge >= 0.3 is 0 Å². The SMILES string of the molecule is O=C(Nc1cc2c(/C=C/c3cccnc3)n[nH]c2cc1F)C1CC1. The van der Waals surface area contributed by atoms with Crippen LogP contribution in [-0.4, -0.2) is 21.1 Å². The van der Waals surface area contributed by atoms with Gasteiger partial charge in [0.2, 0.25) is 5.91 Å². The second kappa shape index (κ2) is 5.88. The molecular weight excluding hydrogens is 307 g/mol. The van der Waals surface area contributed by atoms with E-state index in [2.05, 4.69) is 20.5 Å². The molecule has 0 radical (unpaired) electrons. The van der Waals surface area contributed by atoms with Gasteiger partial charge in [-0.2, -0.15) is 5.10 Å². The summed E-state index contributed by atoms with van der Waals surface area (Å²) in [4.78, 5) is 15.9. The van der Waals surface area contributed by atoms with Gasteiger partial charge in [-0.15, -0.1) is 0 Å². The van der Waals surface area contributed by atoms with Crippen LogP contribution in [0.1, 0.15) is 24.1 Å². The molecule has 0 saturated heterocycles. The van der Waals surface area contributed by atoms with Crippen LogP contribution in [-0.2, 0) is 4.79 Å². The zero-order valence-corrected chi connectivity index (χ0v) is 12.8. The first-order valence-corrected chi connectivity index (χ1v) is 7.77. The monoisotopic (exact) mass is 322 g/mol. The van der Waals surface area contributed by atoms with Gasteiger partial charge in [0.1, 0.15) is 5.82 Å². The van der Waals surface area contributed by atoms with E-state index in [1.807, 2.05) is 24.3 Å². The molecule has 1 fully saturated rings. The van der Waals surface area contributed by atoms with Crippen LogP contribution in [0.5, 0.6) is 0 Å². The van der Waals surface area contributed by atoms with E-state index < -0.39 is 5.82 Å². The number of nitrogens with one attached hydrogen (secondary N) is 2. The summed E-state index contributed by atoms with van der Waals surface area (Å²) in [6.45, 7) is 0. The Bertz CT molecular complexity index is 929. The number of pyridine rings is 1. The maximum atomic E-state index is 14.1. The molecule has 1 aliphatic carbocycles. The Balaban J connectivity index is 1.66. The number of hydrogen-bond acceptors (Lipinski definition) is 3. The third-order valence-corrected chi connectivity index (χ3v) is 4.00. The highest BCUT2D eigenvalue weighted by atomic mass is 19.1. The first-order valence-electron chi connectivity index (χ1n) is 7.77. The lowest BCUT2D eigenvalue weighted by molar-refractivity contribution is -0.117. The first kappa shape index (κ1) is 14.6. The number of H-pyrrole nitrogens is 1. The Kier molecular flexibility index (Phi) is 3.57. The summed E-state index contributed by atoms with van der Waals surface area (Å²) in [6, 6.07) is 6.76. The van der Waals surface area contributed by atoms with E-state index in [9.17, 15) is 9.18 Å². The van der Waals surface area contributed by atoms with Gasteiger partial charge in [0, 0.05) is 29.8 Å². The number of carbonyl (C=O) groups is 1. The standard InChI is InChI=1S/C18H15FN4O/c19-14-9-16-13(8-17(14)21-18(24)12-4-5-12)15(22-23-16)6-3-11-2-1-7-20-10-11/h1-3,6-10,12H,4-5H2,(H,21,24)(H,22,23)/b6-3+. The van der Waals surface area contributed by atoms with Crippen molar-refractivity contribution in [2.45, 2.75) is 12.8 Å². The summed E-state index contributed by atoms with van der Waals surface area (Å²) in [5.74, 6) is -0.568. The van der Waals surface area contributed by atoms with Gasteiger partial charge in [-0.05, 0) is 36.6 Å². The number of anilines is 1. The molecule has 0 atom stereocenters. The molecule has 1 saturated carbocycles. The highest BCUT2D eigenvalue weighted by Gasteiger charge is 2.30. The summed E-state index contributed by atoms with van der Waals surface area (Å²) in [5.41, 5.74) is 2.40. The second-order valence-electron chi connectivity index (χ2n) is 5.87. The minimum absolute atomic E-state index is 0.0226. The smallest absolute Gasteiger partial charge is 0.227 e. The quantitative estimate of drug-likeness (QED) is 0.771. The molecule has 6 heteroatoms. The highest BCUT2D eigenvalue weighted by molar-refractivity contribution is 5.98. The average Bonchev–Trinajstić information content (AvgIpc) is 3.37. The molecule has 2 heterocycles. The number of hydrogen-bond donors (Lipinski definition) is 2. The number of fused-ring (bicyclic) bond motifs is 1. The number of amides is 1. The number of aromatic nitrogens is 3. The van der Waals surface area contributed by atoms with Gasteiger partial charge in [-0.25, -0.2) is 4.39 Å². The highest BCUT2D eigenvalue weighted by Crippen LogP contribution is 2.31. The van der Waals surface area contributed by atoms with Gasteiger partial charge in [0.05, 0.1) is 16.9 Å². The van der Waals surface area contributed by atoms with Crippen LogP contribution in [0, 0.1) is 11.7 Å². The van der Waals surface area contributed by atoms with E-state index in [4.69, 9.17) is 0 Å². The lowest BCUT2D eigenvalue weighted by Crippen LogP contribution is -2.14. The molecule has 3 aromatic rings. The Morgan fingerprint density at radius 1 is 1.33 bits per heavy atom. The van der Waals surface area contributed by atoms with E-state index in [0.717, 1.165) is 23.8 Å². The van der Waals surface area contributed by atoms with Gasteiger partial charge in [0.15, 0.2) is 0 Å². The third-order valence-electron chi connectivity index (χ3n) is 4.00. The van der Waals surface area contributed by atoms with Crippen LogP contribution in [0.25, 0.3) is 23.1 Å². The van der Waals surface area contributed by atoms with Crippen molar-refractivity contribution in [1.29, 1.82) is 0 Å². The van der Waals surface area contributed by atoms with E-state index in [0.29, 0.717) is 11.2 Å². The van der Waals surface area contributed by atoms with Crippen molar-refractivity contribution in [3.8, 4) is 0 Å². The second-order valence-corrected chi connectivity index (χ2v) is 5.87. The first-order chi connectivity index (χ1) is 11.7. The molecule has 0 bridgehead atoms. The minimum atomic E-state index is -0.470. The number of rotatable bonds is 4. The zero-order chi connectivity index (χ0) is 16.5. The molecule has 120 valence electrons. The van der Waals surface area contributed by atoms with Crippen LogP contribution in [0.3, 0.4) is 0 Å². The maximum absolute atomic E-state index is 14.1. The van der Waals surface area contributed by atoms with Gasteiger partial charge in [-0.1, -0.05) is 12.1 Å². The van der Waals surface area contributed by atoms with Crippen molar-refractivity contribution in [3.05, 3.63) is 53.7 Å². The molecule has 24 heavy (non-hydrogen) atoms. The Hall–Kier alpha value is -3.02. The Morgan fingerprint density at radius 2 is 2.21 bits per heavy atom. The van der Waals surface area contributed by atoms with E-state index in [1.54, 1.807) is 18.5 Å². The molecule has 2 N–H and O–H groups in total. The third kappa shape index (κ3) is 2.90. The largest absolute Gasteiger partial charge is 0.323 e. The van der Waals surface area contributed by atoms with Crippen molar-refractivity contribution in [2.75, 3.05) is 5.32 Å². The maximum Gasteiger partial charge on any atom is 0.227 e. The predicted octanol–water partition coefficient (Wildman–Crippen LogP) is 3.62. The minimum Gasteiger partial charge on any atom is -0.323 e. The molecule has 0 unspecified atom stereocenters. The van der Waals surface area contributed by atoms with E-state index in [-0.39, 0.29) is 17.5 Å². The van der Waals surface area contributed by atoms with E-state index >= 15 is 0 Å². The summed E-state index contributed by atoms with van der Waals surface area (Å²) in [5, 5.41) is 10.4. The lowest BCUT2D eigenvalue weighted by Gasteiger charge is -2.06. The van der Waals surface area contributed by atoms with Crippen molar-refractivity contribution >= 4 is 34.6 Å². The van der Waals surface area contributed by atoms with Gasteiger partial charge in [-0.3, -0.25) is 14.9 Å². The normalized spacial score (nSPS) is 14.4. The fraction of sp³-hybridized carbons (Fsp3) is 0.167. The van der Waals surface area contributed by atoms with Crippen LogP contribution in [0.2, 0.25) is 0 Å². The number of benzene rings is 1. The van der Waals surface area contributed by atoms with Crippen LogP contribution < -0.4 is 5.32 Å². The van der Waals surface area contributed by atoms with Gasteiger partial charge in [0.25, 0.3) is 0 Å². The molecule has 4 rings (SSSR count). The van der Waals surface area contributed by atoms with Crippen molar-refractivity contribution in [1.82, 2.24) is 15.2 Å². The van der Waals surface area contributed by atoms with Crippen molar-refractivity contribution < 1.29 is 9.18 Å². The van der Waals surface area contributed by atoms with Crippen LogP contribution >= 0.6 is 0 Å². The molecule has 2 aromatic heterocycles. The Labute approximate surface area is 137 Å². The average molecular weight is 322 g/mol. The topological polar surface area (TPSA) is 70.7 Å². The number of carbonyl (C=O) groups excluding carboxylic acids is 1. The van der Waals surface area contributed by atoms with E-state index in [1.165, 1.54) is 6.07 Å². The van der Waals surface area contributed by atoms with Crippen LogP contribution in [0.15, 0.2) is 36.7 Å². The molecule has 0 aliphatic heterocycles. The molecule has 1 amide bonds. The number of halogens is 1. The summed E-state index contributed by atoms with van der Waals surface area (Å²) in [7, 11) is 0. The summed E-state index contributed by atoms with van der Waals surface area (Å²) >= 11 is 0. The molecule has 0 spiro atoms. The van der Waals surface area contributed by atoms with Crippen molar-refractivity contribution in [2.24, 2.45) is 5.92 Å². The fourth-order valence-electron chi connectivity index (χ4n) is 2.51. The number of aromatic amines is 1. The number of nitrogens with zero attached hydrogens (tertiary/aromatic N) is 2. The molecular formula is C18H15FN4O. The predicted molar refractivity (Wildman–Crippen MR) is 90.6 cm³/mol. The lowest BCUT2D eigenvalue weighted by atomic mass is 10.1. The summed E-state index contributed by atoms with van der Waals surface area (Å²) in [6.07, 6.45) is 8.92. The molecule has 5 nitrogen and oxygen atoms in total.